The van der Waals surface area contributed by atoms with Gasteiger partial charge in [-0.15, -0.1) is 11.3 Å². The number of rotatable bonds is 7. The van der Waals surface area contributed by atoms with Crippen molar-refractivity contribution >= 4 is 33.8 Å². The maximum Gasteiger partial charge on any atom is 0.421 e. The van der Waals surface area contributed by atoms with Gasteiger partial charge >= 0.3 is 6.18 Å². The van der Waals surface area contributed by atoms with Crippen molar-refractivity contribution in [2.45, 2.75) is 26.3 Å². The van der Waals surface area contributed by atoms with E-state index in [-0.39, 0.29) is 13.2 Å². The van der Waals surface area contributed by atoms with Crippen LogP contribution >= 0.6 is 22.9 Å². The van der Waals surface area contributed by atoms with Gasteiger partial charge in [0.25, 0.3) is 5.56 Å². The molecule has 0 saturated heterocycles. The number of ether oxygens (including phenoxy) is 2. The first kappa shape index (κ1) is 26.6. The molecule has 200 valence electrons. The van der Waals surface area contributed by atoms with Crippen LogP contribution in [-0.2, 0) is 19.3 Å². The van der Waals surface area contributed by atoms with Gasteiger partial charge in [0, 0.05) is 29.0 Å². The summed E-state index contributed by atoms with van der Waals surface area (Å²) in [5, 5.41) is 0.791. The molecule has 0 radical (unpaired) electrons. The Balaban J connectivity index is 1.52. The summed E-state index contributed by atoms with van der Waals surface area (Å²) in [7, 11) is 1.46. The number of benzene rings is 1. The lowest BCUT2D eigenvalue weighted by Crippen LogP contribution is -2.28. The Hall–Kier alpha value is -3.96. The molecule has 0 amide bonds. The Kier molecular flexibility index (Phi) is 7.28. The van der Waals surface area contributed by atoms with Gasteiger partial charge in [0.05, 0.1) is 30.4 Å². The standard InChI is InChI=1S/C27H20ClF3N4O3S/c1-15-11-17(24-25(28)39-14-33-24)16-5-3-7-22(23(16)34-15)38-13-18-20(32-9-8-21(18)37-2)12-35-10-4-6-19(26(35)36)27(29,30)31/h3-11,14H,12-13H2,1-2H3. The third kappa shape index (κ3) is 5.32. The Morgan fingerprint density at radius 1 is 1.10 bits per heavy atom. The van der Waals surface area contributed by atoms with Crippen LogP contribution in [0.3, 0.4) is 0 Å². The number of hydrogen-bond acceptors (Lipinski definition) is 7. The molecule has 12 heteroatoms. The molecule has 0 fully saturated rings. The molecule has 5 aromatic rings. The number of fused-ring (bicyclic) bond motifs is 1. The number of nitrogens with zero attached hydrogens (tertiary/aromatic N) is 4. The van der Waals surface area contributed by atoms with E-state index in [0.29, 0.717) is 38.3 Å². The minimum atomic E-state index is -4.77. The zero-order valence-corrected chi connectivity index (χ0v) is 22.2. The van der Waals surface area contributed by atoms with E-state index in [0.717, 1.165) is 27.3 Å². The molecule has 7 nitrogen and oxygen atoms in total. The molecule has 0 aliphatic carbocycles. The molecule has 0 aliphatic heterocycles. The van der Waals surface area contributed by atoms with Gasteiger partial charge in [0.1, 0.15) is 39.2 Å². The van der Waals surface area contributed by atoms with Crippen LogP contribution in [0.15, 0.2) is 65.2 Å². The quantitative estimate of drug-likeness (QED) is 0.221. The smallest absolute Gasteiger partial charge is 0.421 e. The van der Waals surface area contributed by atoms with Gasteiger partial charge < -0.3 is 14.0 Å². The molecule has 1 aromatic carbocycles. The van der Waals surface area contributed by atoms with E-state index in [9.17, 15) is 18.0 Å². The monoisotopic (exact) mass is 572 g/mol. The van der Waals surface area contributed by atoms with Gasteiger partial charge in [0.15, 0.2) is 0 Å². The zero-order valence-electron chi connectivity index (χ0n) is 20.6. The van der Waals surface area contributed by atoms with Gasteiger partial charge in [-0.05, 0) is 37.3 Å². The molecule has 0 bridgehead atoms. The highest BCUT2D eigenvalue weighted by Gasteiger charge is 2.34. The second-order valence-electron chi connectivity index (χ2n) is 8.52. The van der Waals surface area contributed by atoms with Crippen molar-refractivity contribution < 1.29 is 22.6 Å². The van der Waals surface area contributed by atoms with Crippen molar-refractivity contribution in [2.75, 3.05) is 7.11 Å². The van der Waals surface area contributed by atoms with Crippen LogP contribution in [-0.4, -0.2) is 26.6 Å². The highest BCUT2D eigenvalue weighted by molar-refractivity contribution is 7.14. The summed E-state index contributed by atoms with van der Waals surface area (Å²) in [5.41, 5.74) is 2.87. The average molecular weight is 573 g/mol. The fraction of sp³-hybridized carbons (Fsp3) is 0.185. The molecule has 0 N–H and O–H groups in total. The average Bonchev–Trinajstić information content (AvgIpc) is 3.33. The lowest BCUT2D eigenvalue weighted by molar-refractivity contribution is -0.138. The molecule has 5 rings (SSSR count). The zero-order chi connectivity index (χ0) is 27.7. The summed E-state index contributed by atoms with van der Waals surface area (Å²) in [4.78, 5) is 25.9. The summed E-state index contributed by atoms with van der Waals surface area (Å²) in [5.74, 6) is 0.885. The van der Waals surface area contributed by atoms with E-state index in [1.165, 1.54) is 36.9 Å². The van der Waals surface area contributed by atoms with E-state index < -0.39 is 17.3 Å². The molecule has 0 aliphatic rings. The van der Waals surface area contributed by atoms with E-state index >= 15 is 0 Å². The van der Waals surface area contributed by atoms with Gasteiger partial charge in [-0.25, -0.2) is 9.97 Å². The third-order valence-electron chi connectivity index (χ3n) is 6.05. The number of methoxy groups -OCH3 is 1. The van der Waals surface area contributed by atoms with E-state index in [4.69, 9.17) is 21.1 Å². The minimum absolute atomic E-state index is 0.0401. The first-order valence-corrected chi connectivity index (χ1v) is 12.8. The highest BCUT2D eigenvalue weighted by atomic mass is 35.5. The highest BCUT2D eigenvalue weighted by Crippen LogP contribution is 2.37. The molecule has 4 aromatic heterocycles. The normalized spacial score (nSPS) is 11.6. The van der Waals surface area contributed by atoms with Crippen molar-refractivity contribution in [3.63, 3.8) is 0 Å². The van der Waals surface area contributed by atoms with E-state index in [2.05, 4.69) is 15.0 Å². The van der Waals surface area contributed by atoms with Crippen LogP contribution in [0, 0.1) is 6.92 Å². The maximum atomic E-state index is 13.3. The van der Waals surface area contributed by atoms with E-state index in [1.54, 1.807) is 17.6 Å². The van der Waals surface area contributed by atoms with E-state index in [1.807, 2.05) is 25.1 Å². The summed E-state index contributed by atoms with van der Waals surface area (Å²) in [6, 6.07) is 10.9. The predicted octanol–water partition coefficient (Wildman–Crippen LogP) is 6.53. The predicted molar refractivity (Wildman–Crippen MR) is 143 cm³/mol. The Labute approximate surface area is 229 Å². The van der Waals surface area contributed by atoms with Crippen LogP contribution in [0.1, 0.15) is 22.5 Å². The van der Waals surface area contributed by atoms with Gasteiger partial charge in [-0.2, -0.15) is 13.2 Å². The SMILES string of the molecule is COc1ccnc(Cn2cccc(C(F)(F)F)c2=O)c1COc1cccc2c(-c3ncsc3Cl)cc(C)nc12. The number of aromatic nitrogens is 4. The second kappa shape index (κ2) is 10.7. The molecule has 0 spiro atoms. The molecule has 0 atom stereocenters. The van der Waals surface area contributed by atoms with Gasteiger partial charge in [-0.3, -0.25) is 9.78 Å². The van der Waals surface area contributed by atoms with Crippen molar-refractivity contribution in [1.29, 1.82) is 0 Å². The largest absolute Gasteiger partial charge is 0.496 e. The summed E-state index contributed by atoms with van der Waals surface area (Å²) >= 11 is 7.70. The van der Waals surface area contributed by atoms with Gasteiger partial charge in [0.2, 0.25) is 0 Å². The summed E-state index contributed by atoms with van der Waals surface area (Å²) in [6.07, 6.45) is -2.02. The van der Waals surface area contributed by atoms with Crippen molar-refractivity contribution in [3.8, 4) is 22.8 Å². The number of hydrogen-bond donors (Lipinski definition) is 0. The van der Waals surface area contributed by atoms with Gasteiger partial charge in [-0.1, -0.05) is 23.7 Å². The second-order valence-corrected chi connectivity index (χ2v) is 9.97. The Bertz CT molecular complexity index is 1740. The third-order valence-corrected chi connectivity index (χ3v) is 7.11. The number of para-hydroxylation sites is 1. The maximum absolute atomic E-state index is 13.3. The lowest BCUT2D eigenvalue weighted by Gasteiger charge is -2.17. The topological polar surface area (TPSA) is 79.1 Å². The van der Waals surface area contributed by atoms with Crippen LogP contribution in [0.2, 0.25) is 4.34 Å². The first-order chi connectivity index (χ1) is 18.7. The van der Waals surface area contributed by atoms with Crippen LogP contribution in [0.25, 0.3) is 22.2 Å². The molecule has 0 unspecified atom stereocenters. The number of pyridine rings is 3. The first-order valence-electron chi connectivity index (χ1n) is 11.6. The van der Waals surface area contributed by atoms with Crippen molar-refractivity contribution in [2.24, 2.45) is 0 Å². The number of aryl methyl sites for hydroxylation is 1. The van der Waals surface area contributed by atoms with Crippen LogP contribution < -0.4 is 15.0 Å². The number of halogens is 4. The fourth-order valence-corrected chi connectivity index (χ4v) is 5.05. The molecular weight excluding hydrogens is 553 g/mol. The lowest BCUT2D eigenvalue weighted by atomic mass is 10.0. The Morgan fingerprint density at radius 3 is 2.64 bits per heavy atom. The van der Waals surface area contributed by atoms with Crippen LogP contribution in [0.5, 0.6) is 11.5 Å². The van der Waals surface area contributed by atoms with Crippen molar-refractivity contribution in [3.05, 3.63) is 97.6 Å². The van der Waals surface area contributed by atoms with Crippen LogP contribution in [0.4, 0.5) is 13.2 Å². The van der Waals surface area contributed by atoms with Crippen molar-refractivity contribution in [1.82, 2.24) is 19.5 Å². The molecule has 4 heterocycles. The molecule has 0 saturated carbocycles. The number of thiazole rings is 1. The molecular formula is C27H20ClF3N4O3S. The summed E-state index contributed by atoms with van der Waals surface area (Å²) < 4.78 is 53.0. The number of alkyl halides is 3. The minimum Gasteiger partial charge on any atom is -0.496 e. The summed E-state index contributed by atoms with van der Waals surface area (Å²) in [6.45, 7) is 1.61. The molecule has 39 heavy (non-hydrogen) atoms. The fourth-order valence-electron chi connectivity index (χ4n) is 4.26. The Morgan fingerprint density at radius 2 is 1.92 bits per heavy atom.